The van der Waals surface area contributed by atoms with Crippen LogP contribution in [0.5, 0.6) is 0 Å². The van der Waals surface area contributed by atoms with Crippen LogP contribution in [-0.4, -0.2) is 5.78 Å². The molecule has 1 nitrogen and oxygen atoms in total. The molecule has 20 heavy (non-hydrogen) atoms. The first-order valence-electron chi connectivity index (χ1n) is 8.72. The van der Waals surface area contributed by atoms with Crippen molar-refractivity contribution in [2.24, 2.45) is 34.5 Å². The third kappa shape index (κ3) is 1.64. The molecule has 4 rings (SSSR count). The van der Waals surface area contributed by atoms with E-state index in [9.17, 15) is 4.79 Å². The molecule has 3 saturated carbocycles. The normalized spacial score (nSPS) is 54.2. The monoisotopic (exact) mass is 272 g/mol. The fourth-order valence-electron chi connectivity index (χ4n) is 6.53. The molecular weight excluding hydrogens is 244 g/mol. The fourth-order valence-corrected chi connectivity index (χ4v) is 6.53. The molecule has 0 radical (unpaired) electrons. The molecule has 0 saturated heterocycles. The Bertz CT molecular complexity index is 464. The zero-order chi connectivity index (χ0) is 14.0. The van der Waals surface area contributed by atoms with Gasteiger partial charge in [0.25, 0.3) is 0 Å². The number of hydrogen-bond donors (Lipinski definition) is 0. The van der Waals surface area contributed by atoms with Crippen LogP contribution in [-0.2, 0) is 4.79 Å². The van der Waals surface area contributed by atoms with Crippen LogP contribution in [0.3, 0.4) is 0 Å². The molecule has 0 unspecified atom stereocenters. The Kier molecular flexibility index (Phi) is 2.76. The highest BCUT2D eigenvalue weighted by Gasteiger charge is 2.56. The summed E-state index contributed by atoms with van der Waals surface area (Å²) in [6.45, 7) is 5.03. The van der Waals surface area contributed by atoms with Crippen LogP contribution in [0.2, 0.25) is 0 Å². The minimum atomic E-state index is 0.473. The maximum absolute atomic E-state index is 11.8. The number of hydrogen-bond acceptors (Lipinski definition) is 1. The molecule has 6 atom stereocenters. The lowest BCUT2D eigenvalue weighted by Gasteiger charge is -2.59. The number of carbonyl (C=O) groups excluding carboxylic acids is 1. The number of carbonyl (C=O) groups is 1. The Balaban J connectivity index is 1.64. The lowest BCUT2D eigenvalue weighted by molar-refractivity contribution is -0.136. The first-order chi connectivity index (χ1) is 9.53. The van der Waals surface area contributed by atoms with Gasteiger partial charge in [-0.05, 0) is 73.0 Å². The Labute approximate surface area is 123 Å². The highest BCUT2D eigenvalue weighted by Crippen LogP contribution is 2.64. The molecule has 3 fully saturated rings. The van der Waals surface area contributed by atoms with Gasteiger partial charge in [-0.3, -0.25) is 4.79 Å². The summed E-state index contributed by atoms with van der Waals surface area (Å²) in [5.74, 6) is 3.96. The predicted molar refractivity (Wildman–Crippen MR) is 81.3 cm³/mol. The summed E-state index contributed by atoms with van der Waals surface area (Å²) in [7, 11) is 0. The minimum Gasteiger partial charge on any atom is -0.300 e. The smallest absolute Gasteiger partial charge is 0.133 e. The Morgan fingerprint density at radius 1 is 1.10 bits per heavy atom. The van der Waals surface area contributed by atoms with E-state index < -0.39 is 0 Å². The van der Waals surface area contributed by atoms with Gasteiger partial charge < -0.3 is 0 Å². The molecule has 0 aromatic heterocycles. The number of ketones is 1. The van der Waals surface area contributed by atoms with Crippen LogP contribution in [0.1, 0.15) is 65.2 Å². The summed E-state index contributed by atoms with van der Waals surface area (Å²) in [4.78, 5) is 11.8. The molecule has 110 valence electrons. The Morgan fingerprint density at radius 2 is 1.95 bits per heavy atom. The summed E-state index contributed by atoms with van der Waals surface area (Å²) < 4.78 is 0. The van der Waals surface area contributed by atoms with E-state index in [2.05, 4.69) is 26.0 Å². The maximum Gasteiger partial charge on any atom is 0.133 e. The number of rotatable bonds is 0. The molecular formula is C19H28O. The van der Waals surface area contributed by atoms with Gasteiger partial charge in [-0.25, -0.2) is 0 Å². The van der Waals surface area contributed by atoms with Gasteiger partial charge >= 0.3 is 0 Å². The second-order valence-corrected chi connectivity index (χ2v) is 8.58. The summed E-state index contributed by atoms with van der Waals surface area (Å²) in [5, 5.41) is 0. The van der Waals surface area contributed by atoms with Gasteiger partial charge in [0.05, 0.1) is 0 Å². The molecule has 1 heteroatoms. The summed E-state index contributed by atoms with van der Waals surface area (Å²) >= 11 is 0. The minimum absolute atomic E-state index is 0.473. The second kappa shape index (κ2) is 4.21. The third-order valence-corrected chi connectivity index (χ3v) is 7.81. The highest BCUT2D eigenvalue weighted by atomic mass is 16.1. The largest absolute Gasteiger partial charge is 0.300 e. The molecule has 0 N–H and O–H groups in total. The van der Waals surface area contributed by atoms with Crippen molar-refractivity contribution >= 4 is 5.78 Å². The van der Waals surface area contributed by atoms with Crippen molar-refractivity contribution in [1.29, 1.82) is 0 Å². The maximum atomic E-state index is 11.8. The molecule has 0 aliphatic heterocycles. The van der Waals surface area contributed by atoms with E-state index in [4.69, 9.17) is 0 Å². The van der Waals surface area contributed by atoms with Crippen molar-refractivity contribution in [2.75, 3.05) is 0 Å². The van der Waals surface area contributed by atoms with Gasteiger partial charge in [0.15, 0.2) is 0 Å². The van der Waals surface area contributed by atoms with Gasteiger partial charge in [0.2, 0.25) is 0 Å². The zero-order valence-corrected chi connectivity index (χ0v) is 13.0. The van der Waals surface area contributed by atoms with Gasteiger partial charge in [0, 0.05) is 12.8 Å². The van der Waals surface area contributed by atoms with E-state index in [0.29, 0.717) is 22.5 Å². The Hall–Kier alpha value is -0.590. The van der Waals surface area contributed by atoms with Gasteiger partial charge in [-0.15, -0.1) is 0 Å². The van der Waals surface area contributed by atoms with E-state index in [1.54, 1.807) is 0 Å². The van der Waals surface area contributed by atoms with Gasteiger partial charge in [-0.2, -0.15) is 0 Å². The van der Waals surface area contributed by atoms with E-state index in [1.807, 2.05) is 0 Å². The van der Waals surface area contributed by atoms with Crippen LogP contribution < -0.4 is 0 Å². The van der Waals surface area contributed by atoms with E-state index in [-0.39, 0.29) is 0 Å². The van der Waals surface area contributed by atoms with Crippen molar-refractivity contribution in [1.82, 2.24) is 0 Å². The molecule has 0 heterocycles. The van der Waals surface area contributed by atoms with Crippen molar-refractivity contribution in [3.8, 4) is 0 Å². The predicted octanol–water partition coefficient (Wildman–Crippen LogP) is 4.76. The van der Waals surface area contributed by atoms with E-state index in [0.717, 1.165) is 30.6 Å². The molecule has 0 spiro atoms. The van der Waals surface area contributed by atoms with Gasteiger partial charge in [0.1, 0.15) is 5.78 Å². The second-order valence-electron chi connectivity index (χ2n) is 8.58. The highest BCUT2D eigenvalue weighted by molar-refractivity contribution is 5.79. The zero-order valence-electron chi connectivity index (χ0n) is 13.0. The SMILES string of the molecule is C[C@]12CCC(=O)C[C@@H]1CC[C@@H]1[C@H]2CC[C@@]2(C)C=CC[C@H]12. The standard InChI is InChI=1S/C19H28O/c1-18-9-3-4-16(18)15-6-5-13-12-14(20)7-11-19(13,2)17(15)8-10-18/h3,9,13,15-17H,4-8,10-12H2,1-2H3/t13-,15-,16+,17+,18+,19-/m0/s1. The summed E-state index contributed by atoms with van der Waals surface area (Å²) in [5.41, 5.74) is 0.968. The lowest BCUT2D eigenvalue weighted by Crippen LogP contribution is -2.52. The molecule has 0 bridgehead atoms. The average Bonchev–Trinajstić information content (AvgIpc) is 2.81. The third-order valence-electron chi connectivity index (χ3n) is 7.81. The van der Waals surface area contributed by atoms with Crippen molar-refractivity contribution < 1.29 is 4.79 Å². The average molecular weight is 272 g/mol. The molecule has 0 aromatic carbocycles. The topological polar surface area (TPSA) is 17.1 Å². The molecule has 4 aliphatic carbocycles. The molecule has 0 aromatic rings. The van der Waals surface area contributed by atoms with Crippen LogP contribution in [0.15, 0.2) is 12.2 Å². The van der Waals surface area contributed by atoms with E-state index >= 15 is 0 Å². The first-order valence-corrected chi connectivity index (χ1v) is 8.72. The fraction of sp³-hybridized carbons (Fsp3) is 0.842. The van der Waals surface area contributed by atoms with Crippen molar-refractivity contribution in [3.05, 3.63) is 12.2 Å². The summed E-state index contributed by atoms with van der Waals surface area (Å²) in [6, 6.07) is 0. The molecule has 0 amide bonds. The van der Waals surface area contributed by atoms with Crippen molar-refractivity contribution in [3.63, 3.8) is 0 Å². The van der Waals surface area contributed by atoms with Crippen LogP contribution in [0, 0.1) is 34.5 Å². The first kappa shape index (κ1) is 13.1. The van der Waals surface area contributed by atoms with Crippen LogP contribution >= 0.6 is 0 Å². The lowest BCUT2D eigenvalue weighted by atomic mass is 9.45. The quantitative estimate of drug-likeness (QED) is 0.581. The van der Waals surface area contributed by atoms with Crippen LogP contribution in [0.25, 0.3) is 0 Å². The Morgan fingerprint density at radius 3 is 2.80 bits per heavy atom. The van der Waals surface area contributed by atoms with Gasteiger partial charge in [-0.1, -0.05) is 26.0 Å². The number of allylic oxidation sites excluding steroid dienone is 2. The van der Waals surface area contributed by atoms with E-state index in [1.165, 1.54) is 38.5 Å². The van der Waals surface area contributed by atoms with Crippen molar-refractivity contribution in [2.45, 2.75) is 65.2 Å². The molecule has 4 aliphatic rings. The number of Topliss-reactive ketones (excluding diaryl/α,β-unsaturated/α-hetero) is 1. The summed E-state index contributed by atoms with van der Waals surface area (Å²) in [6.07, 6.45) is 14.7. The number of fused-ring (bicyclic) bond motifs is 5. The van der Waals surface area contributed by atoms with Crippen LogP contribution in [0.4, 0.5) is 0 Å².